The minimum Gasteiger partial charge on any atom is -0.483 e. The summed E-state index contributed by atoms with van der Waals surface area (Å²) < 4.78 is 5.54. The number of hydrogen-bond donors (Lipinski definition) is 1. The summed E-state index contributed by atoms with van der Waals surface area (Å²) >= 11 is 0. The van der Waals surface area contributed by atoms with Crippen molar-refractivity contribution in [3.63, 3.8) is 0 Å². The minimum absolute atomic E-state index is 0.0165. The van der Waals surface area contributed by atoms with Gasteiger partial charge in [0, 0.05) is 42.3 Å². The zero-order valence-corrected chi connectivity index (χ0v) is 14.7. The average molecular weight is 361 g/mol. The fourth-order valence-electron chi connectivity index (χ4n) is 3.13. The van der Waals surface area contributed by atoms with Gasteiger partial charge in [0.15, 0.2) is 6.61 Å². The zero-order valence-electron chi connectivity index (χ0n) is 14.7. The van der Waals surface area contributed by atoms with Crippen molar-refractivity contribution in [1.82, 2.24) is 15.2 Å². The van der Waals surface area contributed by atoms with E-state index in [1.165, 1.54) is 0 Å². The van der Waals surface area contributed by atoms with E-state index in [4.69, 9.17) is 4.74 Å². The summed E-state index contributed by atoms with van der Waals surface area (Å²) in [5.41, 5.74) is 2.39. The van der Waals surface area contributed by atoms with E-state index >= 15 is 0 Å². The summed E-state index contributed by atoms with van der Waals surface area (Å²) in [5, 5.41) is 3.80. The quantitative estimate of drug-likeness (QED) is 0.775. The van der Waals surface area contributed by atoms with Crippen LogP contribution in [-0.4, -0.2) is 41.4 Å². The summed E-state index contributed by atoms with van der Waals surface area (Å²) in [7, 11) is 0. The summed E-state index contributed by atoms with van der Waals surface area (Å²) in [6.07, 6.45) is 1.72. The van der Waals surface area contributed by atoms with Crippen LogP contribution in [0.1, 0.15) is 15.9 Å². The lowest BCUT2D eigenvalue weighted by atomic mass is 10.1. The maximum absolute atomic E-state index is 12.4. The van der Waals surface area contributed by atoms with Crippen LogP contribution < -0.4 is 10.1 Å². The Morgan fingerprint density at radius 1 is 1.15 bits per heavy atom. The Balaban J connectivity index is 1.38. The Morgan fingerprint density at radius 2 is 2.04 bits per heavy atom. The van der Waals surface area contributed by atoms with Crippen LogP contribution in [0.5, 0.6) is 5.75 Å². The Kier molecular flexibility index (Phi) is 4.70. The number of para-hydroxylation sites is 1. The monoisotopic (exact) mass is 361 g/mol. The Labute approximate surface area is 156 Å². The first-order valence-corrected chi connectivity index (χ1v) is 8.82. The van der Waals surface area contributed by atoms with Gasteiger partial charge in [-0.3, -0.25) is 14.6 Å². The molecule has 0 saturated carbocycles. The smallest absolute Gasteiger partial charge is 0.260 e. The molecule has 3 aromatic rings. The molecule has 2 heterocycles. The van der Waals surface area contributed by atoms with Crippen molar-refractivity contribution in [1.29, 1.82) is 0 Å². The first kappa shape index (κ1) is 17.0. The summed E-state index contributed by atoms with van der Waals surface area (Å²) in [5.74, 6) is 0.485. The van der Waals surface area contributed by atoms with Crippen molar-refractivity contribution >= 4 is 22.7 Å². The normalized spacial score (nSPS) is 13.6. The van der Waals surface area contributed by atoms with Crippen LogP contribution in [0.3, 0.4) is 0 Å². The van der Waals surface area contributed by atoms with Gasteiger partial charge >= 0.3 is 0 Å². The van der Waals surface area contributed by atoms with Crippen LogP contribution in [-0.2, 0) is 11.3 Å². The second-order valence-corrected chi connectivity index (χ2v) is 6.38. The molecule has 1 aliphatic heterocycles. The molecule has 1 aliphatic rings. The molecule has 0 atom stereocenters. The topological polar surface area (TPSA) is 71.5 Å². The van der Waals surface area contributed by atoms with E-state index in [9.17, 15) is 9.59 Å². The third-order valence-electron chi connectivity index (χ3n) is 4.57. The number of nitrogens with zero attached hydrogens (tertiary/aromatic N) is 2. The molecule has 0 unspecified atom stereocenters. The first-order valence-electron chi connectivity index (χ1n) is 8.82. The van der Waals surface area contributed by atoms with Crippen molar-refractivity contribution < 1.29 is 14.3 Å². The maximum atomic E-state index is 12.4. The third kappa shape index (κ3) is 3.74. The number of carbonyl (C=O) groups is 2. The third-order valence-corrected chi connectivity index (χ3v) is 4.57. The molecular weight excluding hydrogens is 342 g/mol. The molecular formula is C21H19N3O3. The molecule has 4 rings (SSSR count). The van der Waals surface area contributed by atoms with E-state index in [0.717, 1.165) is 22.2 Å². The van der Waals surface area contributed by atoms with Gasteiger partial charge in [-0.2, -0.15) is 0 Å². The second-order valence-electron chi connectivity index (χ2n) is 6.38. The highest BCUT2D eigenvalue weighted by molar-refractivity contribution is 5.97. The van der Waals surface area contributed by atoms with Crippen molar-refractivity contribution in [2.45, 2.75) is 6.54 Å². The molecule has 1 N–H and O–H groups in total. The van der Waals surface area contributed by atoms with Gasteiger partial charge in [0.2, 0.25) is 0 Å². The van der Waals surface area contributed by atoms with Crippen LogP contribution in [0, 0.1) is 0 Å². The Morgan fingerprint density at radius 3 is 2.96 bits per heavy atom. The van der Waals surface area contributed by atoms with Crippen LogP contribution in [0.4, 0.5) is 0 Å². The van der Waals surface area contributed by atoms with E-state index < -0.39 is 0 Å². The van der Waals surface area contributed by atoms with Crippen molar-refractivity contribution in [3.8, 4) is 5.75 Å². The Hall–Kier alpha value is -3.41. The van der Waals surface area contributed by atoms with Gasteiger partial charge in [0.25, 0.3) is 11.8 Å². The van der Waals surface area contributed by atoms with E-state index in [1.54, 1.807) is 17.2 Å². The van der Waals surface area contributed by atoms with Gasteiger partial charge in [-0.25, -0.2) is 0 Å². The summed E-state index contributed by atoms with van der Waals surface area (Å²) in [6.45, 7) is 1.30. The number of fused-ring (bicyclic) bond motifs is 2. The highest BCUT2D eigenvalue weighted by atomic mass is 16.5. The van der Waals surface area contributed by atoms with Gasteiger partial charge < -0.3 is 15.0 Å². The van der Waals surface area contributed by atoms with Gasteiger partial charge in [0.05, 0.1) is 5.52 Å². The molecule has 27 heavy (non-hydrogen) atoms. The molecule has 2 aromatic carbocycles. The predicted molar refractivity (Wildman–Crippen MR) is 101 cm³/mol. The number of amides is 2. The molecule has 0 bridgehead atoms. The number of benzene rings is 2. The molecule has 6 heteroatoms. The Bertz CT molecular complexity index is 1000. The van der Waals surface area contributed by atoms with E-state index in [2.05, 4.69) is 10.3 Å². The van der Waals surface area contributed by atoms with Crippen LogP contribution in [0.15, 0.2) is 60.8 Å². The average Bonchev–Trinajstić information content (AvgIpc) is 2.86. The number of rotatable bonds is 4. The highest BCUT2D eigenvalue weighted by Crippen LogP contribution is 2.22. The van der Waals surface area contributed by atoms with Gasteiger partial charge in [-0.1, -0.05) is 24.3 Å². The summed E-state index contributed by atoms with van der Waals surface area (Å²) in [6, 6.07) is 16.8. The number of aromatic nitrogens is 1. The minimum atomic E-state index is -0.167. The van der Waals surface area contributed by atoms with Crippen LogP contribution in [0.2, 0.25) is 0 Å². The predicted octanol–water partition coefficient (Wildman–Crippen LogP) is 2.39. The fourth-order valence-corrected chi connectivity index (χ4v) is 3.13. The molecule has 0 saturated heterocycles. The standard InChI is InChI=1S/C21H19N3O3/c25-20-14-27-19-6-2-1-4-17(19)13-24(20)11-10-23-21(26)16-7-8-18-15(12-16)5-3-9-22-18/h1-9,12H,10-11,13-14H2,(H,23,26). The van der Waals surface area contributed by atoms with Crippen molar-refractivity contribution in [2.75, 3.05) is 19.7 Å². The number of pyridine rings is 1. The van der Waals surface area contributed by atoms with Crippen molar-refractivity contribution in [3.05, 3.63) is 71.9 Å². The fraction of sp³-hybridized carbons (Fsp3) is 0.190. The zero-order chi connectivity index (χ0) is 18.6. The van der Waals surface area contributed by atoms with Crippen molar-refractivity contribution in [2.24, 2.45) is 0 Å². The van der Waals surface area contributed by atoms with Crippen LogP contribution >= 0.6 is 0 Å². The number of ether oxygens (including phenoxy) is 1. The second kappa shape index (κ2) is 7.45. The molecule has 0 aliphatic carbocycles. The molecule has 0 spiro atoms. The largest absolute Gasteiger partial charge is 0.483 e. The van der Waals surface area contributed by atoms with Crippen LogP contribution in [0.25, 0.3) is 10.9 Å². The van der Waals surface area contributed by atoms with E-state index in [1.807, 2.05) is 48.5 Å². The van der Waals surface area contributed by atoms with E-state index in [0.29, 0.717) is 25.2 Å². The lowest BCUT2D eigenvalue weighted by Crippen LogP contribution is -2.39. The summed E-state index contributed by atoms with van der Waals surface area (Å²) in [4.78, 5) is 30.6. The van der Waals surface area contributed by atoms with Gasteiger partial charge in [-0.15, -0.1) is 0 Å². The van der Waals surface area contributed by atoms with Gasteiger partial charge in [-0.05, 0) is 30.3 Å². The maximum Gasteiger partial charge on any atom is 0.260 e. The number of hydrogen-bond acceptors (Lipinski definition) is 4. The van der Waals surface area contributed by atoms with Gasteiger partial charge in [0.1, 0.15) is 5.75 Å². The molecule has 136 valence electrons. The highest BCUT2D eigenvalue weighted by Gasteiger charge is 2.21. The lowest BCUT2D eigenvalue weighted by Gasteiger charge is -2.20. The molecule has 1 aromatic heterocycles. The first-order chi connectivity index (χ1) is 13.2. The number of carbonyl (C=O) groups excluding carboxylic acids is 2. The molecule has 6 nitrogen and oxygen atoms in total. The lowest BCUT2D eigenvalue weighted by molar-refractivity contribution is -0.133. The SMILES string of the molecule is O=C(NCCN1Cc2ccccc2OCC1=O)c1ccc2ncccc2c1. The number of nitrogens with one attached hydrogen (secondary N) is 1. The van der Waals surface area contributed by atoms with E-state index in [-0.39, 0.29) is 18.4 Å². The molecule has 2 amide bonds. The molecule has 0 fully saturated rings. The molecule has 0 radical (unpaired) electrons.